The first-order valence-corrected chi connectivity index (χ1v) is 10.5. The molecule has 0 amide bonds. The second kappa shape index (κ2) is 8.16. The van der Waals surface area contributed by atoms with E-state index in [1.54, 1.807) is 6.92 Å². The second-order valence-electron chi connectivity index (χ2n) is 7.59. The molecule has 0 saturated carbocycles. The van der Waals surface area contributed by atoms with E-state index in [1.165, 1.54) is 0 Å². The minimum atomic E-state index is -2.28. The van der Waals surface area contributed by atoms with Crippen molar-refractivity contribution in [1.82, 2.24) is 0 Å². The molecular weight excluding hydrogens is 276 g/mol. The highest BCUT2D eigenvalue weighted by Gasteiger charge is 2.56. The maximum absolute atomic E-state index is 12.3. The third kappa shape index (κ3) is 4.70. The van der Waals surface area contributed by atoms with Gasteiger partial charge in [0.25, 0.3) is 8.32 Å². The molecule has 0 aliphatic carbocycles. The predicted octanol–water partition coefficient (Wildman–Crippen LogP) is 6.23. The lowest BCUT2D eigenvalue weighted by atomic mass is 10.2. The van der Waals surface area contributed by atoms with Crippen LogP contribution in [0.2, 0.25) is 16.1 Å². The smallest absolute Gasteiger partial charge is 0.319 e. The van der Waals surface area contributed by atoms with Crippen LogP contribution in [-0.4, -0.2) is 14.3 Å². The Morgan fingerprint density at radius 2 is 1.48 bits per heavy atom. The van der Waals surface area contributed by atoms with Gasteiger partial charge in [-0.3, -0.25) is 0 Å². The predicted molar refractivity (Wildman–Crippen MR) is 95.0 cm³/mol. The Kier molecular flexibility index (Phi) is 7.94. The Balaban J connectivity index is 5.84. The molecule has 0 N–H and O–H groups in total. The fourth-order valence-electron chi connectivity index (χ4n) is 3.85. The van der Waals surface area contributed by atoms with Crippen molar-refractivity contribution in [3.63, 3.8) is 0 Å². The molecule has 0 heterocycles. The van der Waals surface area contributed by atoms with Gasteiger partial charge in [-0.15, -0.1) is 0 Å². The van der Waals surface area contributed by atoms with Crippen LogP contribution in [0.4, 0.5) is 0 Å². The van der Waals surface area contributed by atoms with Crippen molar-refractivity contribution >= 4 is 14.3 Å². The Bertz CT molecular complexity index is 343. The lowest BCUT2D eigenvalue weighted by Gasteiger charge is -2.49. The summed E-state index contributed by atoms with van der Waals surface area (Å²) in [5.74, 6) is -0.192. The SMILES string of the molecule is C=C(C)C(=O)O[Si](C(C)CCC)(C(C)CCC)C(C)(C)C. The third-order valence-corrected chi connectivity index (χ3v) is 11.1. The zero-order chi connectivity index (χ0) is 16.8. The topological polar surface area (TPSA) is 26.3 Å². The quantitative estimate of drug-likeness (QED) is 0.392. The molecule has 2 atom stereocenters. The summed E-state index contributed by atoms with van der Waals surface area (Å²) in [5, 5.41) is 0.0291. The van der Waals surface area contributed by atoms with Crippen LogP contribution in [0.25, 0.3) is 0 Å². The second-order valence-corrected chi connectivity index (χ2v) is 12.9. The van der Waals surface area contributed by atoms with Gasteiger partial charge in [0.2, 0.25) is 0 Å². The van der Waals surface area contributed by atoms with Crippen molar-refractivity contribution in [2.24, 2.45) is 0 Å². The highest BCUT2D eigenvalue weighted by atomic mass is 28.4. The van der Waals surface area contributed by atoms with Gasteiger partial charge in [-0.25, -0.2) is 4.79 Å². The molecule has 0 bridgehead atoms. The minimum absolute atomic E-state index is 0.0291. The van der Waals surface area contributed by atoms with Crippen LogP contribution >= 0.6 is 0 Å². The van der Waals surface area contributed by atoms with Gasteiger partial charge >= 0.3 is 5.97 Å². The maximum Gasteiger partial charge on any atom is 0.319 e. The van der Waals surface area contributed by atoms with E-state index >= 15 is 0 Å². The highest BCUT2D eigenvalue weighted by molar-refractivity contribution is 6.80. The van der Waals surface area contributed by atoms with Crippen LogP contribution in [0.15, 0.2) is 12.2 Å². The van der Waals surface area contributed by atoms with Gasteiger partial charge < -0.3 is 4.43 Å². The van der Waals surface area contributed by atoms with Crippen molar-refractivity contribution < 1.29 is 9.22 Å². The molecule has 2 nitrogen and oxygen atoms in total. The molecule has 0 fully saturated rings. The Morgan fingerprint density at radius 3 is 1.71 bits per heavy atom. The largest absolute Gasteiger partial charge is 0.515 e. The molecule has 3 heteroatoms. The molecule has 0 saturated heterocycles. The van der Waals surface area contributed by atoms with Crippen LogP contribution in [0, 0.1) is 0 Å². The first-order chi connectivity index (χ1) is 9.54. The van der Waals surface area contributed by atoms with Crippen molar-refractivity contribution in [3.8, 4) is 0 Å². The van der Waals surface area contributed by atoms with Gasteiger partial charge in [-0.2, -0.15) is 0 Å². The van der Waals surface area contributed by atoms with E-state index in [2.05, 4.69) is 55.0 Å². The van der Waals surface area contributed by atoms with Gasteiger partial charge in [-0.05, 0) is 23.0 Å². The van der Waals surface area contributed by atoms with E-state index in [0.29, 0.717) is 16.7 Å². The summed E-state index contributed by atoms with van der Waals surface area (Å²) >= 11 is 0. The number of hydrogen-bond acceptors (Lipinski definition) is 2. The van der Waals surface area contributed by atoms with Gasteiger partial charge in [-0.1, -0.05) is 80.7 Å². The van der Waals surface area contributed by atoms with E-state index in [1.807, 2.05) is 0 Å². The summed E-state index contributed by atoms with van der Waals surface area (Å²) < 4.78 is 6.29. The number of rotatable bonds is 8. The van der Waals surface area contributed by atoms with Crippen LogP contribution in [-0.2, 0) is 9.22 Å². The summed E-state index contributed by atoms with van der Waals surface area (Å²) in [6, 6.07) is 0. The minimum Gasteiger partial charge on any atom is -0.515 e. The molecule has 0 aliphatic rings. The third-order valence-electron chi connectivity index (χ3n) is 4.69. The summed E-state index contributed by atoms with van der Waals surface area (Å²) in [7, 11) is -2.28. The standard InChI is InChI=1S/C18H36O2Si/c1-10-12-15(5)21(18(7,8)9,16(6)13-11-2)20-17(19)14(3)4/h15-16H,3,10-13H2,1-2,4-9H3. The number of carbonyl (C=O) groups is 1. The highest BCUT2D eigenvalue weighted by Crippen LogP contribution is 2.53. The Morgan fingerprint density at radius 1 is 1.10 bits per heavy atom. The van der Waals surface area contributed by atoms with Crippen LogP contribution in [0.5, 0.6) is 0 Å². The Labute approximate surface area is 133 Å². The molecule has 0 aromatic heterocycles. The first-order valence-electron chi connectivity index (χ1n) is 8.43. The number of carbonyl (C=O) groups excluding carboxylic acids is 1. The average molecular weight is 313 g/mol. The molecule has 124 valence electrons. The lowest BCUT2D eigenvalue weighted by molar-refractivity contribution is -0.131. The van der Waals surface area contributed by atoms with Gasteiger partial charge in [0.1, 0.15) is 0 Å². The fourth-order valence-corrected chi connectivity index (χ4v) is 10.4. The van der Waals surface area contributed by atoms with Gasteiger partial charge in [0.15, 0.2) is 0 Å². The Hall–Kier alpha value is -0.573. The van der Waals surface area contributed by atoms with Gasteiger partial charge in [0, 0.05) is 5.57 Å². The lowest BCUT2D eigenvalue weighted by Crippen LogP contribution is -2.55. The van der Waals surface area contributed by atoms with Crippen LogP contribution < -0.4 is 0 Å². The maximum atomic E-state index is 12.3. The number of hydrogen-bond donors (Lipinski definition) is 0. The first kappa shape index (κ1) is 20.4. The van der Waals surface area contributed by atoms with Crippen molar-refractivity contribution in [2.45, 2.75) is 97.2 Å². The molecule has 0 aromatic carbocycles. The summed E-state index contributed by atoms with van der Waals surface area (Å²) in [6.07, 6.45) is 4.52. The van der Waals surface area contributed by atoms with Crippen molar-refractivity contribution in [3.05, 3.63) is 12.2 Å². The molecule has 0 aliphatic heterocycles. The molecule has 0 rings (SSSR count). The van der Waals surface area contributed by atoms with E-state index < -0.39 is 8.32 Å². The van der Waals surface area contributed by atoms with Crippen LogP contribution in [0.1, 0.15) is 81.1 Å². The van der Waals surface area contributed by atoms with Crippen molar-refractivity contribution in [2.75, 3.05) is 0 Å². The van der Waals surface area contributed by atoms with E-state index in [-0.39, 0.29) is 11.0 Å². The zero-order valence-electron chi connectivity index (χ0n) is 15.5. The van der Waals surface area contributed by atoms with E-state index in [9.17, 15) is 4.79 Å². The zero-order valence-corrected chi connectivity index (χ0v) is 16.5. The monoisotopic (exact) mass is 312 g/mol. The van der Waals surface area contributed by atoms with E-state index in [4.69, 9.17) is 4.43 Å². The molecular formula is C18H36O2Si. The summed E-state index contributed by atoms with van der Waals surface area (Å²) in [5.41, 5.74) is 1.45. The molecule has 0 spiro atoms. The summed E-state index contributed by atoms with van der Waals surface area (Å²) in [6.45, 7) is 21.3. The summed E-state index contributed by atoms with van der Waals surface area (Å²) in [4.78, 5) is 12.3. The van der Waals surface area contributed by atoms with Crippen LogP contribution in [0.3, 0.4) is 0 Å². The molecule has 0 aromatic rings. The average Bonchev–Trinajstić information content (AvgIpc) is 2.34. The normalized spacial score (nSPS) is 17.7. The van der Waals surface area contributed by atoms with Crippen molar-refractivity contribution in [1.29, 1.82) is 0 Å². The van der Waals surface area contributed by atoms with E-state index in [0.717, 1.165) is 25.7 Å². The van der Waals surface area contributed by atoms with Gasteiger partial charge in [0.05, 0.1) is 0 Å². The fraction of sp³-hybridized carbons (Fsp3) is 0.833. The molecule has 0 radical (unpaired) electrons. The molecule has 2 unspecified atom stereocenters. The molecule has 21 heavy (non-hydrogen) atoms.